The Morgan fingerprint density at radius 3 is 1.24 bits per heavy atom. The quantitative estimate of drug-likeness (QED) is 0.335. The van der Waals surface area contributed by atoms with Crippen molar-refractivity contribution in [2.24, 2.45) is 0 Å². The number of rotatable bonds is 5. The van der Waals surface area contributed by atoms with Crippen LogP contribution in [-0.2, 0) is 41.4 Å². The summed E-state index contributed by atoms with van der Waals surface area (Å²) in [5.74, 6) is 0. The summed E-state index contributed by atoms with van der Waals surface area (Å²) in [6, 6.07) is 11.5. The smallest absolute Gasteiger partial charge is 0.184 e. The fraction of sp³-hybridized carbons (Fsp3) is 0.375. The van der Waals surface area contributed by atoms with Gasteiger partial charge in [-0.15, -0.1) is 0 Å². The van der Waals surface area contributed by atoms with Crippen LogP contribution in [0.15, 0.2) is 48.8 Å². The zero-order valence-corrected chi connectivity index (χ0v) is 23.4. The molecule has 199 valence electrons. The molecule has 13 heteroatoms. The van der Waals surface area contributed by atoms with Crippen molar-refractivity contribution < 1.29 is 41.4 Å². The molecule has 0 atom stereocenters. The van der Waals surface area contributed by atoms with Crippen molar-refractivity contribution >= 4 is 29.1 Å². The number of halogens is 3. The Hall–Kier alpha value is -1.30. The van der Waals surface area contributed by atoms with E-state index in [4.69, 9.17) is 62.5 Å². The first kappa shape index (κ1) is 27.3. The third-order valence-corrected chi connectivity index (χ3v) is 5.62. The van der Waals surface area contributed by atoms with E-state index >= 15 is 0 Å². The van der Waals surface area contributed by atoms with Crippen molar-refractivity contribution in [1.29, 1.82) is 0 Å². The van der Waals surface area contributed by atoms with Crippen LogP contribution in [0.2, 0.25) is 0 Å². The van der Waals surface area contributed by atoms with E-state index in [1.54, 1.807) is 12.4 Å². The molecule has 3 aliphatic heterocycles. The average Bonchev–Trinajstić information content (AvgIpc) is 3.72. The van der Waals surface area contributed by atoms with Gasteiger partial charge < -0.3 is 28.4 Å². The normalized spacial score (nSPS) is 19.2. The number of ether oxygens (including phenoxy) is 6. The van der Waals surface area contributed by atoms with Crippen molar-refractivity contribution in [3.8, 4) is 22.8 Å². The zero-order valence-electron chi connectivity index (χ0n) is 19.4. The molecule has 3 aromatic heterocycles. The van der Waals surface area contributed by atoms with E-state index in [1.807, 2.05) is 36.4 Å². The predicted octanol–water partition coefficient (Wildman–Crippen LogP) is 5.41. The maximum absolute atomic E-state index is 5.76. The van der Waals surface area contributed by atoms with Gasteiger partial charge in [0.05, 0.1) is 62.4 Å². The summed E-state index contributed by atoms with van der Waals surface area (Å²) >= 11 is -1.75. The molecule has 0 saturated carbocycles. The van der Waals surface area contributed by atoms with Crippen LogP contribution < -0.4 is 0 Å². The first-order valence-electron chi connectivity index (χ1n) is 11.4. The van der Waals surface area contributed by atoms with Crippen LogP contribution in [0.3, 0.4) is 0 Å². The SMILES string of the molecule is [Cl][Ru]([Cl])[Cl].c1cc(C2OCCO2)cc(-c2cc(C3OCCO3)cc(-c3cc(C4OCCO4)ccn3)n2)n1. The molecule has 0 aliphatic carbocycles. The molecular weight excluding hydrogens is 634 g/mol. The Morgan fingerprint density at radius 2 is 0.865 bits per heavy atom. The van der Waals surface area contributed by atoms with Crippen LogP contribution >= 0.6 is 29.1 Å². The summed E-state index contributed by atoms with van der Waals surface area (Å²) in [4.78, 5) is 14.0. The number of nitrogens with zero attached hydrogens (tertiary/aromatic N) is 3. The van der Waals surface area contributed by atoms with Crippen molar-refractivity contribution in [2.45, 2.75) is 18.9 Å². The molecule has 0 amide bonds. The average molecular weight is 657 g/mol. The van der Waals surface area contributed by atoms with Crippen LogP contribution in [0, 0.1) is 0 Å². The summed E-state index contributed by atoms with van der Waals surface area (Å²) in [7, 11) is 14.8. The second-order valence-electron chi connectivity index (χ2n) is 7.99. The molecule has 3 fully saturated rings. The van der Waals surface area contributed by atoms with Crippen molar-refractivity contribution in [3.05, 3.63) is 65.5 Å². The van der Waals surface area contributed by atoms with E-state index in [9.17, 15) is 0 Å². The van der Waals surface area contributed by atoms with Gasteiger partial charge in [-0.1, -0.05) is 0 Å². The second-order valence-corrected chi connectivity index (χ2v) is 15.9. The van der Waals surface area contributed by atoms with Gasteiger partial charge in [-0.25, -0.2) is 4.98 Å². The fourth-order valence-corrected chi connectivity index (χ4v) is 4.07. The number of pyridine rings is 3. The molecule has 9 nitrogen and oxygen atoms in total. The summed E-state index contributed by atoms with van der Waals surface area (Å²) in [6.45, 7) is 3.40. The third kappa shape index (κ3) is 7.22. The Balaban J connectivity index is 0.000000655. The maximum atomic E-state index is 5.76. The number of aromatic nitrogens is 3. The third-order valence-electron chi connectivity index (χ3n) is 5.62. The summed E-state index contributed by atoms with van der Waals surface area (Å²) in [6.07, 6.45) is 2.24. The first-order valence-corrected chi connectivity index (χ1v) is 18.1. The zero-order chi connectivity index (χ0) is 25.6. The molecule has 6 heterocycles. The maximum Gasteiger partial charge on any atom is 0.184 e. The fourth-order valence-electron chi connectivity index (χ4n) is 4.07. The van der Waals surface area contributed by atoms with Crippen molar-refractivity contribution in [2.75, 3.05) is 39.6 Å². The van der Waals surface area contributed by atoms with E-state index in [0.29, 0.717) is 62.4 Å². The van der Waals surface area contributed by atoms with Crippen LogP contribution in [0.4, 0.5) is 0 Å². The van der Waals surface area contributed by atoms with Gasteiger partial charge >= 0.3 is 42.1 Å². The monoisotopic (exact) mass is 656 g/mol. The minimum Gasteiger partial charge on any atom is -0.346 e. The first-order chi connectivity index (χ1) is 18.1. The van der Waals surface area contributed by atoms with Gasteiger partial charge in [0.2, 0.25) is 0 Å². The summed E-state index contributed by atoms with van der Waals surface area (Å²) in [5, 5.41) is 0. The summed E-state index contributed by atoms with van der Waals surface area (Å²) < 4.78 is 34.1. The summed E-state index contributed by atoms with van der Waals surface area (Å²) in [5.41, 5.74) is 5.42. The van der Waals surface area contributed by atoms with Crippen LogP contribution in [0.25, 0.3) is 22.8 Å². The van der Waals surface area contributed by atoms with Crippen LogP contribution in [0.5, 0.6) is 0 Å². The largest absolute Gasteiger partial charge is 0.346 e. The van der Waals surface area contributed by atoms with E-state index in [1.165, 1.54) is 0 Å². The minimum absolute atomic E-state index is 0.388. The molecule has 3 aromatic rings. The van der Waals surface area contributed by atoms with E-state index in [0.717, 1.165) is 16.7 Å². The number of hydrogen-bond acceptors (Lipinski definition) is 9. The predicted molar refractivity (Wildman–Crippen MR) is 132 cm³/mol. The van der Waals surface area contributed by atoms with Gasteiger partial charge in [-0.3, -0.25) is 9.97 Å². The topological polar surface area (TPSA) is 94.1 Å². The molecule has 0 bridgehead atoms. The van der Waals surface area contributed by atoms with Crippen LogP contribution in [-0.4, -0.2) is 54.6 Å². The van der Waals surface area contributed by atoms with E-state index < -0.39 is 19.3 Å². The van der Waals surface area contributed by atoms with Gasteiger partial charge in [-0.05, 0) is 36.4 Å². The molecule has 0 radical (unpaired) electrons. The van der Waals surface area contributed by atoms with Crippen molar-refractivity contribution in [1.82, 2.24) is 15.0 Å². The Morgan fingerprint density at radius 1 is 0.541 bits per heavy atom. The molecule has 3 saturated heterocycles. The minimum atomic E-state index is -1.75. The van der Waals surface area contributed by atoms with Gasteiger partial charge in [0.1, 0.15) is 0 Å². The molecule has 0 N–H and O–H groups in total. The molecule has 0 spiro atoms. The van der Waals surface area contributed by atoms with Gasteiger partial charge in [0, 0.05) is 29.1 Å². The Bertz CT molecular complexity index is 1110. The van der Waals surface area contributed by atoms with E-state index in [-0.39, 0.29) is 12.6 Å². The molecule has 0 unspecified atom stereocenters. The Labute approximate surface area is 231 Å². The molecule has 0 aromatic carbocycles. The molecule has 37 heavy (non-hydrogen) atoms. The second kappa shape index (κ2) is 13.2. The van der Waals surface area contributed by atoms with E-state index in [2.05, 4.69) is 9.97 Å². The van der Waals surface area contributed by atoms with Gasteiger partial charge in [0.25, 0.3) is 0 Å². The van der Waals surface area contributed by atoms with Gasteiger partial charge in [0.15, 0.2) is 18.9 Å². The van der Waals surface area contributed by atoms with Crippen LogP contribution in [0.1, 0.15) is 35.6 Å². The van der Waals surface area contributed by atoms with Gasteiger partial charge in [-0.2, -0.15) is 0 Å². The van der Waals surface area contributed by atoms with Crippen molar-refractivity contribution in [3.63, 3.8) is 0 Å². The molecule has 6 rings (SSSR count). The Kier molecular flexibility index (Phi) is 9.71. The standard InChI is InChI=1S/C24H23N3O6.3ClH.Ru/c1-3-25-18(11-15(1)22-28-5-6-29-22)20-13-17(24-32-9-10-33-24)14-21(27-20)19-12-16(2-4-26-19)23-30-7-8-31-23;;;;/h1-4,11-14,22-24H,5-10H2;3*1H;/q;;;;+3/p-3. The number of hydrogen-bond donors (Lipinski definition) is 0. The molecular formula is C24H23Cl3N3O6Ru. The molecule has 3 aliphatic rings.